The third-order valence-electron chi connectivity index (χ3n) is 2.84. The van der Waals surface area contributed by atoms with Crippen LogP contribution in [0, 0.1) is 0 Å². The number of nitrogens with zero attached hydrogens (tertiary/aromatic N) is 4. The smallest absolute Gasteiger partial charge is 0.0762 e. The summed E-state index contributed by atoms with van der Waals surface area (Å²) in [4.78, 5) is 0. The van der Waals surface area contributed by atoms with Gasteiger partial charge in [0.2, 0.25) is 0 Å². The number of rotatable bonds is 6. The highest BCUT2D eigenvalue weighted by atomic mass is 15.3. The Labute approximate surface area is 108 Å². The van der Waals surface area contributed by atoms with Gasteiger partial charge in [0.15, 0.2) is 0 Å². The van der Waals surface area contributed by atoms with Gasteiger partial charge in [0.25, 0.3) is 0 Å². The van der Waals surface area contributed by atoms with E-state index in [1.165, 1.54) is 5.56 Å². The van der Waals surface area contributed by atoms with Crippen LogP contribution in [0.4, 0.5) is 0 Å². The SMILES string of the molecule is CCn1cc(CNCc2ccn(C(C)C)n2)cn1. The maximum atomic E-state index is 4.50. The molecule has 18 heavy (non-hydrogen) atoms. The fourth-order valence-corrected chi connectivity index (χ4v) is 1.76. The molecule has 2 aromatic rings. The Balaban J connectivity index is 1.80. The molecule has 0 aromatic carbocycles. The Hall–Kier alpha value is -1.62. The Morgan fingerprint density at radius 3 is 2.78 bits per heavy atom. The van der Waals surface area contributed by atoms with E-state index in [1.807, 2.05) is 21.8 Å². The summed E-state index contributed by atoms with van der Waals surface area (Å²) in [5.74, 6) is 0. The Bertz CT molecular complexity index is 483. The second-order valence-corrected chi connectivity index (χ2v) is 4.69. The number of nitrogens with one attached hydrogen (secondary N) is 1. The second-order valence-electron chi connectivity index (χ2n) is 4.69. The lowest BCUT2D eigenvalue weighted by atomic mass is 10.3. The van der Waals surface area contributed by atoms with Crippen molar-refractivity contribution in [2.75, 3.05) is 0 Å². The molecule has 0 aliphatic carbocycles. The van der Waals surface area contributed by atoms with Crippen molar-refractivity contribution in [3.63, 3.8) is 0 Å². The summed E-state index contributed by atoms with van der Waals surface area (Å²) in [6.07, 6.45) is 6.00. The molecule has 0 saturated carbocycles. The largest absolute Gasteiger partial charge is 0.307 e. The summed E-state index contributed by atoms with van der Waals surface area (Å²) in [6, 6.07) is 2.48. The van der Waals surface area contributed by atoms with Crippen LogP contribution in [0.25, 0.3) is 0 Å². The zero-order valence-corrected chi connectivity index (χ0v) is 11.3. The van der Waals surface area contributed by atoms with Crippen LogP contribution in [0.2, 0.25) is 0 Å². The summed E-state index contributed by atoms with van der Waals surface area (Å²) in [5.41, 5.74) is 2.28. The molecule has 0 fully saturated rings. The maximum Gasteiger partial charge on any atom is 0.0762 e. The summed E-state index contributed by atoms with van der Waals surface area (Å²) in [5, 5.41) is 12.1. The van der Waals surface area contributed by atoms with E-state index in [4.69, 9.17) is 0 Å². The van der Waals surface area contributed by atoms with Crippen molar-refractivity contribution >= 4 is 0 Å². The molecule has 2 rings (SSSR count). The highest BCUT2D eigenvalue weighted by molar-refractivity contribution is 5.04. The molecule has 0 saturated heterocycles. The van der Waals surface area contributed by atoms with Crippen LogP contribution in [-0.4, -0.2) is 19.6 Å². The van der Waals surface area contributed by atoms with Crippen molar-refractivity contribution in [3.8, 4) is 0 Å². The maximum absolute atomic E-state index is 4.50. The third kappa shape index (κ3) is 3.20. The lowest BCUT2D eigenvalue weighted by Crippen LogP contribution is -2.13. The monoisotopic (exact) mass is 247 g/mol. The lowest BCUT2D eigenvalue weighted by Gasteiger charge is -2.04. The van der Waals surface area contributed by atoms with Crippen molar-refractivity contribution in [1.82, 2.24) is 24.9 Å². The third-order valence-corrected chi connectivity index (χ3v) is 2.84. The van der Waals surface area contributed by atoms with Crippen molar-refractivity contribution in [3.05, 3.63) is 35.9 Å². The fraction of sp³-hybridized carbons (Fsp3) is 0.538. The average molecular weight is 247 g/mol. The number of aryl methyl sites for hydroxylation is 1. The van der Waals surface area contributed by atoms with Crippen LogP contribution in [0.1, 0.15) is 38.1 Å². The molecule has 0 radical (unpaired) electrons. The summed E-state index contributed by atoms with van der Waals surface area (Å²) in [6.45, 7) is 8.87. The molecule has 1 N–H and O–H groups in total. The van der Waals surface area contributed by atoms with Gasteiger partial charge in [-0.3, -0.25) is 9.36 Å². The predicted octanol–water partition coefficient (Wildman–Crippen LogP) is 1.97. The van der Waals surface area contributed by atoms with Gasteiger partial charge < -0.3 is 5.32 Å². The van der Waals surface area contributed by atoms with E-state index < -0.39 is 0 Å². The molecule has 0 aliphatic rings. The van der Waals surface area contributed by atoms with Crippen LogP contribution in [0.15, 0.2) is 24.7 Å². The van der Waals surface area contributed by atoms with E-state index in [-0.39, 0.29) is 0 Å². The molecule has 0 atom stereocenters. The minimum atomic E-state index is 0.418. The summed E-state index contributed by atoms with van der Waals surface area (Å²) in [7, 11) is 0. The molecule has 0 bridgehead atoms. The Morgan fingerprint density at radius 2 is 2.17 bits per heavy atom. The van der Waals surface area contributed by atoms with Crippen LogP contribution in [-0.2, 0) is 19.6 Å². The molecule has 0 aliphatic heterocycles. The van der Waals surface area contributed by atoms with E-state index in [2.05, 4.69) is 48.5 Å². The molecule has 5 heteroatoms. The van der Waals surface area contributed by atoms with Crippen LogP contribution < -0.4 is 5.32 Å². The Kier molecular flexibility index (Phi) is 4.15. The van der Waals surface area contributed by atoms with E-state index in [0.29, 0.717) is 6.04 Å². The van der Waals surface area contributed by atoms with Crippen molar-refractivity contribution in [2.45, 2.75) is 46.4 Å². The number of hydrogen-bond donors (Lipinski definition) is 1. The molecule has 0 spiro atoms. The molecule has 0 unspecified atom stereocenters. The summed E-state index contributed by atoms with van der Waals surface area (Å²) < 4.78 is 3.91. The van der Waals surface area contributed by atoms with Gasteiger partial charge in [0, 0.05) is 43.6 Å². The van der Waals surface area contributed by atoms with Gasteiger partial charge in [-0.2, -0.15) is 10.2 Å². The van der Waals surface area contributed by atoms with Crippen LogP contribution in [0.5, 0.6) is 0 Å². The first kappa shape index (κ1) is 12.8. The minimum absolute atomic E-state index is 0.418. The lowest BCUT2D eigenvalue weighted by molar-refractivity contribution is 0.521. The molecule has 0 amide bonds. The van der Waals surface area contributed by atoms with Gasteiger partial charge in [0.05, 0.1) is 11.9 Å². The van der Waals surface area contributed by atoms with Crippen LogP contribution >= 0.6 is 0 Å². The van der Waals surface area contributed by atoms with Gasteiger partial charge in [-0.15, -0.1) is 0 Å². The first-order valence-electron chi connectivity index (χ1n) is 6.45. The van der Waals surface area contributed by atoms with Crippen molar-refractivity contribution in [2.24, 2.45) is 0 Å². The zero-order chi connectivity index (χ0) is 13.0. The van der Waals surface area contributed by atoms with Gasteiger partial charge in [-0.05, 0) is 26.8 Å². The predicted molar refractivity (Wildman–Crippen MR) is 71.1 cm³/mol. The van der Waals surface area contributed by atoms with E-state index in [9.17, 15) is 0 Å². The topological polar surface area (TPSA) is 47.7 Å². The van der Waals surface area contributed by atoms with Gasteiger partial charge in [-0.1, -0.05) is 0 Å². The van der Waals surface area contributed by atoms with Gasteiger partial charge in [0.1, 0.15) is 0 Å². The first-order chi connectivity index (χ1) is 8.69. The molecule has 5 nitrogen and oxygen atoms in total. The van der Waals surface area contributed by atoms with E-state index in [0.717, 1.165) is 25.3 Å². The average Bonchev–Trinajstić information content (AvgIpc) is 2.97. The standard InChI is InChI=1S/C13H21N5/c1-4-17-10-12(8-15-17)7-14-9-13-5-6-18(16-13)11(2)3/h5-6,8,10-11,14H,4,7,9H2,1-3H3. The van der Waals surface area contributed by atoms with E-state index >= 15 is 0 Å². The first-order valence-corrected chi connectivity index (χ1v) is 6.45. The molecular weight excluding hydrogens is 226 g/mol. The quantitative estimate of drug-likeness (QED) is 0.849. The van der Waals surface area contributed by atoms with Crippen molar-refractivity contribution < 1.29 is 0 Å². The fourth-order valence-electron chi connectivity index (χ4n) is 1.76. The number of aromatic nitrogens is 4. The Morgan fingerprint density at radius 1 is 1.33 bits per heavy atom. The molecule has 2 aromatic heterocycles. The normalized spacial score (nSPS) is 11.3. The number of hydrogen-bond acceptors (Lipinski definition) is 3. The highest BCUT2D eigenvalue weighted by Gasteiger charge is 2.02. The molecule has 2 heterocycles. The van der Waals surface area contributed by atoms with Gasteiger partial charge >= 0.3 is 0 Å². The second kappa shape index (κ2) is 5.82. The summed E-state index contributed by atoms with van der Waals surface area (Å²) >= 11 is 0. The van der Waals surface area contributed by atoms with Crippen molar-refractivity contribution in [1.29, 1.82) is 0 Å². The zero-order valence-electron chi connectivity index (χ0n) is 11.3. The molecule has 98 valence electrons. The van der Waals surface area contributed by atoms with E-state index in [1.54, 1.807) is 0 Å². The highest BCUT2D eigenvalue weighted by Crippen LogP contribution is 2.04. The molecular formula is C13H21N5. The van der Waals surface area contributed by atoms with Crippen LogP contribution in [0.3, 0.4) is 0 Å². The van der Waals surface area contributed by atoms with Gasteiger partial charge in [-0.25, -0.2) is 0 Å². The minimum Gasteiger partial charge on any atom is -0.307 e.